The Balaban J connectivity index is 2.51. The number of aromatic nitrogens is 1. The number of hydrogen-bond acceptors (Lipinski definition) is 4. The quantitative estimate of drug-likeness (QED) is 0.610. The molecule has 0 atom stereocenters. The molecular formula is C9H7BClNO2S. The van der Waals surface area contributed by atoms with Crippen LogP contribution in [0.4, 0.5) is 0 Å². The van der Waals surface area contributed by atoms with Crippen LogP contribution in [0.2, 0.25) is 5.15 Å². The largest absolute Gasteiger partial charge is 0.490 e. The predicted octanol–water partition coefficient (Wildman–Crippen LogP) is 1.14. The van der Waals surface area contributed by atoms with Crippen LogP contribution in [-0.4, -0.2) is 22.2 Å². The van der Waals surface area contributed by atoms with E-state index < -0.39 is 7.12 Å². The summed E-state index contributed by atoms with van der Waals surface area (Å²) in [4.78, 5) is 4.86. The van der Waals surface area contributed by atoms with Gasteiger partial charge in [-0.05, 0) is 17.5 Å². The highest BCUT2D eigenvalue weighted by Gasteiger charge is 2.15. The van der Waals surface area contributed by atoms with Crippen molar-refractivity contribution in [2.75, 3.05) is 0 Å². The van der Waals surface area contributed by atoms with Gasteiger partial charge in [0.15, 0.2) is 0 Å². The summed E-state index contributed by atoms with van der Waals surface area (Å²) in [5.74, 6) is 0. The van der Waals surface area contributed by atoms with Crippen molar-refractivity contribution in [2.45, 2.75) is 0 Å². The highest BCUT2D eigenvalue weighted by Crippen LogP contribution is 2.28. The molecule has 2 heterocycles. The van der Waals surface area contributed by atoms with Crippen LogP contribution in [0.3, 0.4) is 0 Å². The Labute approximate surface area is 96.1 Å². The molecule has 0 aliphatic carbocycles. The molecule has 0 aliphatic heterocycles. The van der Waals surface area contributed by atoms with Gasteiger partial charge in [-0.25, -0.2) is 4.98 Å². The summed E-state index contributed by atoms with van der Waals surface area (Å²) in [7, 11) is -1.52. The van der Waals surface area contributed by atoms with Gasteiger partial charge in [0.1, 0.15) is 5.15 Å². The molecule has 0 aliphatic rings. The van der Waals surface area contributed by atoms with E-state index in [0.717, 1.165) is 10.4 Å². The normalized spacial score (nSPS) is 10.3. The third-order valence-corrected chi connectivity index (χ3v) is 3.15. The first-order chi connectivity index (χ1) is 7.18. The van der Waals surface area contributed by atoms with Gasteiger partial charge < -0.3 is 10.0 Å². The van der Waals surface area contributed by atoms with Crippen molar-refractivity contribution < 1.29 is 10.0 Å². The maximum Gasteiger partial charge on any atom is 0.490 e. The molecule has 0 aromatic carbocycles. The summed E-state index contributed by atoms with van der Waals surface area (Å²) in [6.45, 7) is 0. The summed E-state index contributed by atoms with van der Waals surface area (Å²) < 4.78 is 0. The monoisotopic (exact) mass is 239 g/mol. The second-order valence-electron chi connectivity index (χ2n) is 2.96. The predicted molar refractivity (Wildman–Crippen MR) is 62.4 cm³/mol. The first-order valence-electron chi connectivity index (χ1n) is 4.24. The van der Waals surface area contributed by atoms with Gasteiger partial charge in [-0.15, -0.1) is 11.3 Å². The molecule has 76 valence electrons. The van der Waals surface area contributed by atoms with Crippen molar-refractivity contribution in [3.63, 3.8) is 0 Å². The van der Waals surface area contributed by atoms with Crippen LogP contribution in [0.25, 0.3) is 10.4 Å². The summed E-state index contributed by atoms with van der Waals surface area (Å²) in [6, 6.07) is 5.44. The van der Waals surface area contributed by atoms with E-state index in [1.165, 1.54) is 17.5 Å². The first kappa shape index (κ1) is 10.6. The minimum Gasteiger partial charge on any atom is -0.423 e. The second-order valence-corrected chi connectivity index (χ2v) is 4.26. The van der Waals surface area contributed by atoms with E-state index in [9.17, 15) is 0 Å². The molecule has 0 fully saturated rings. The van der Waals surface area contributed by atoms with Crippen molar-refractivity contribution >= 4 is 35.5 Å². The average Bonchev–Trinajstić information content (AvgIpc) is 2.71. The molecule has 3 nitrogen and oxygen atoms in total. The third-order valence-electron chi connectivity index (χ3n) is 1.94. The molecule has 0 saturated heterocycles. The summed E-state index contributed by atoms with van der Waals surface area (Å²) in [6.07, 6.45) is 1.35. The maximum atomic E-state index is 9.01. The lowest BCUT2D eigenvalue weighted by molar-refractivity contribution is 0.425. The standard InChI is InChI=1S/C9H7BClNO2S/c11-9-7(8-2-1-3-15-8)4-6(5-12-9)10(13)14/h1-5,13-14H. The van der Waals surface area contributed by atoms with Gasteiger partial charge in [-0.3, -0.25) is 0 Å². The van der Waals surface area contributed by atoms with Gasteiger partial charge in [0.25, 0.3) is 0 Å². The van der Waals surface area contributed by atoms with Crippen LogP contribution in [0, 0.1) is 0 Å². The summed E-state index contributed by atoms with van der Waals surface area (Å²) in [5, 5.41) is 20.3. The van der Waals surface area contributed by atoms with Crippen LogP contribution >= 0.6 is 22.9 Å². The molecule has 2 aromatic heterocycles. The molecule has 0 bridgehead atoms. The highest BCUT2D eigenvalue weighted by molar-refractivity contribution is 7.13. The van der Waals surface area contributed by atoms with Gasteiger partial charge in [0.05, 0.1) is 0 Å². The average molecular weight is 239 g/mol. The zero-order valence-electron chi connectivity index (χ0n) is 7.59. The molecule has 6 heteroatoms. The molecule has 2 N–H and O–H groups in total. The third kappa shape index (κ3) is 2.21. The Morgan fingerprint density at radius 3 is 2.80 bits per heavy atom. The molecule has 2 rings (SSSR count). The van der Waals surface area contributed by atoms with E-state index in [1.807, 2.05) is 17.5 Å². The van der Waals surface area contributed by atoms with E-state index in [2.05, 4.69) is 4.98 Å². The van der Waals surface area contributed by atoms with E-state index in [0.29, 0.717) is 10.6 Å². The molecule has 0 unspecified atom stereocenters. The van der Waals surface area contributed by atoms with Crippen molar-refractivity contribution in [2.24, 2.45) is 0 Å². The van der Waals surface area contributed by atoms with Crippen LogP contribution in [0.5, 0.6) is 0 Å². The molecule has 2 aromatic rings. The van der Waals surface area contributed by atoms with E-state index in [4.69, 9.17) is 21.6 Å². The van der Waals surface area contributed by atoms with Gasteiger partial charge in [-0.1, -0.05) is 17.7 Å². The van der Waals surface area contributed by atoms with E-state index in [-0.39, 0.29) is 0 Å². The number of thiophene rings is 1. The van der Waals surface area contributed by atoms with Crippen LogP contribution in [0.15, 0.2) is 29.8 Å². The van der Waals surface area contributed by atoms with Crippen LogP contribution < -0.4 is 5.46 Å². The Bertz CT molecular complexity index is 461. The van der Waals surface area contributed by atoms with Crippen LogP contribution in [-0.2, 0) is 0 Å². The minimum absolute atomic E-state index is 0.336. The van der Waals surface area contributed by atoms with Gasteiger partial charge in [0, 0.05) is 22.1 Å². The fourth-order valence-electron chi connectivity index (χ4n) is 1.21. The topological polar surface area (TPSA) is 53.4 Å². The van der Waals surface area contributed by atoms with Crippen LogP contribution in [0.1, 0.15) is 0 Å². The molecule has 0 radical (unpaired) electrons. The smallest absolute Gasteiger partial charge is 0.423 e. The fraction of sp³-hybridized carbons (Fsp3) is 0. The molecule has 0 spiro atoms. The zero-order chi connectivity index (χ0) is 10.8. The first-order valence-corrected chi connectivity index (χ1v) is 5.49. The Morgan fingerprint density at radius 2 is 2.20 bits per heavy atom. The van der Waals surface area contributed by atoms with Crippen molar-refractivity contribution in [1.82, 2.24) is 4.98 Å². The van der Waals surface area contributed by atoms with Gasteiger partial charge in [0.2, 0.25) is 0 Å². The molecule has 0 saturated carbocycles. The highest BCUT2D eigenvalue weighted by atomic mass is 35.5. The lowest BCUT2D eigenvalue weighted by atomic mass is 9.81. The summed E-state index contributed by atoms with van der Waals surface area (Å²) in [5.41, 5.74) is 1.06. The van der Waals surface area contributed by atoms with Crippen molar-refractivity contribution in [3.05, 3.63) is 34.9 Å². The molecular weight excluding hydrogens is 232 g/mol. The van der Waals surface area contributed by atoms with E-state index >= 15 is 0 Å². The zero-order valence-corrected chi connectivity index (χ0v) is 9.16. The Hall–Kier alpha value is -0.875. The van der Waals surface area contributed by atoms with Gasteiger partial charge in [-0.2, -0.15) is 0 Å². The number of halogens is 1. The van der Waals surface area contributed by atoms with Crippen molar-refractivity contribution in [3.8, 4) is 10.4 Å². The second kappa shape index (κ2) is 4.32. The minimum atomic E-state index is -1.52. The maximum absolute atomic E-state index is 9.01. The molecule has 15 heavy (non-hydrogen) atoms. The number of hydrogen-bond donors (Lipinski definition) is 2. The lowest BCUT2D eigenvalue weighted by Crippen LogP contribution is -2.30. The van der Waals surface area contributed by atoms with E-state index in [1.54, 1.807) is 6.07 Å². The number of pyridine rings is 1. The lowest BCUT2D eigenvalue weighted by Gasteiger charge is -2.04. The Kier molecular flexibility index (Phi) is 3.07. The number of rotatable bonds is 2. The van der Waals surface area contributed by atoms with Gasteiger partial charge >= 0.3 is 7.12 Å². The fourth-order valence-corrected chi connectivity index (χ4v) is 2.21. The SMILES string of the molecule is OB(O)c1cnc(Cl)c(-c2cccs2)c1. The summed E-state index contributed by atoms with van der Waals surface area (Å²) >= 11 is 7.45. The molecule has 0 amide bonds. The Morgan fingerprint density at radius 1 is 1.40 bits per heavy atom. The van der Waals surface area contributed by atoms with Crippen molar-refractivity contribution in [1.29, 1.82) is 0 Å². The number of nitrogens with zero attached hydrogens (tertiary/aromatic N) is 1.